The Morgan fingerprint density at radius 1 is 0.889 bits per heavy atom. The van der Waals surface area contributed by atoms with E-state index in [1.165, 1.54) is 51.6 Å². The molecular formula is C15H35NO2. The van der Waals surface area contributed by atoms with Crippen molar-refractivity contribution in [1.82, 2.24) is 4.90 Å². The van der Waals surface area contributed by atoms with Crippen molar-refractivity contribution in [3.05, 3.63) is 0 Å². The molecule has 0 rings (SSSR count). The lowest BCUT2D eigenvalue weighted by molar-refractivity contribution is 0.0183. The average Bonchev–Trinajstić information content (AvgIpc) is 2.30. The Hall–Kier alpha value is -0.120. The van der Waals surface area contributed by atoms with Gasteiger partial charge in [0.1, 0.15) is 0 Å². The molecular weight excluding hydrogens is 226 g/mol. The summed E-state index contributed by atoms with van der Waals surface area (Å²) in [6, 6.07) is 0. The highest BCUT2D eigenvalue weighted by molar-refractivity contribution is 4.59. The first-order chi connectivity index (χ1) is 8.37. The van der Waals surface area contributed by atoms with E-state index in [1.54, 1.807) is 13.8 Å². The maximum atomic E-state index is 8.58. The van der Waals surface area contributed by atoms with Crippen molar-refractivity contribution in [2.24, 2.45) is 0 Å². The van der Waals surface area contributed by atoms with Gasteiger partial charge in [-0.25, -0.2) is 0 Å². The molecule has 3 heteroatoms. The topological polar surface area (TPSA) is 43.7 Å². The molecule has 18 heavy (non-hydrogen) atoms. The number of hydrogen-bond acceptors (Lipinski definition) is 3. The summed E-state index contributed by atoms with van der Waals surface area (Å²) in [7, 11) is 2.24. The van der Waals surface area contributed by atoms with Crippen LogP contribution in [0, 0.1) is 0 Å². The van der Waals surface area contributed by atoms with Gasteiger partial charge in [-0.15, -0.1) is 0 Å². The molecule has 3 nitrogen and oxygen atoms in total. The molecule has 0 aliphatic carbocycles. The molecule has 0 atom stereocenters. The van der Waals surface area contributed by atoms with Crippen LogP contribution in [-0.2, 0) is 0 Å². The molecule has 0 saturated heterocycles. The predicted molar refractivity (Wildman–Crippen MR) is 79.9 cm³/mol. The van der Waals surface area contributed by atoms with Crippen molar-refractivity contribution in [2.45, 2.75) is 71.8 Å². The largest absolute Gasteiger partial charge is 0.393 e. The first kappa shape index (κ1) is 20.2. The van der Waals surface area contributed by atoms with Crippen molar-refractivity contribution < 1.29 is 10.2 Å². The number of aliphatic hydroxyl groups excluding tert-OH is 1. The van der Waals surface area contributed by atoms with Gasteiger partial charge in [0, 0.05) is 0 Å². The fourth-order valence-corrected chi connectivity index (χ4v) is 1.38. The highest BCUT2D eigenvalue weighted by Gasteiger charge is 2.07. The third kappa shape index (κ3) is 21.2. The third-order valence-corrected chi connectivity index (χ3v) is 2.67. The fraction of sp³-hybridized carbons (Fsp3) is 1.00. The average molecular weight is 261 g/mol. The molecule has 0 saturated carbocycles. The van der Waals surface area contributed by atoms with Crippen molar-refractivity contribution >= 4 is 0 Å². The Balaban J connectivity index is 0. The van der Waals surface area contributed by atoms with E-state index >= 15 is 0 Å². The summed E-state index contributed by atoms with van der Waals surface area (Å²) >= 11 is 0. The lowest BCUT2D eigenvalue weighted by Crippen LogP contribution is -2.23. The number of aliphatic hydroxyl groups is 2. The van der Waals surface area contributed by atoms with Gasteiger partial charge in [-0.3, -0.25) is 0 Å². The van der Waals surface area contributed by atoms with E-state index < -0.39 is 5.60 Å². The van der Waals surface area contributed by atoms with E-state index in [9.17, 15) is 0 Å². The standard InChI is InChI=1S/C11H25N.C4H10O2/c1-4-6-8-10-12(3)11-9-7-5-2;1-4(2,6)3-5/h4-11H2,1-3H3;5-6H,3H2,1-2H3. The summed E-state index contributed by atoms with van der Waals surface area (Å²) < 4.78 is 0. The monoisotopic (exact) mass is 261 g/mol. The highest BCUT2D eigenvalue weighted by Crippen LogP contribution is 1.99. The zero-order valence-corrected chi connectivity index (χ0v) is 13.2. The Bertz CT molecular complexity index is 145. The maximum Gasteiger partial charge on any atom is 0.0821 e. The quantitative estimate of drug-likeness (QED) is 0.627. The second kappa shape index (κ2) is 13.3. The lowest BCUT2D eigenvalue weighted by Gasteiger charge is -2.15. The van der Waals surface area contributed by atoms with Crippen molar-refractivity contribution in [3.63, 3.8) is 0 Å². The van der Waals surface area contributed by atoms with Crippen LogP contribution in [-0.4, -0.2) is 47.5 Å². The molecule has 0 aromatic heterocycles. The maximum absolute atomic E-state index is 8.58. The minimum Gasteiger partial charge on any atom is -0.393 e. The van der Waals surface area contributed by atoms with Gasteiger partial charge in [-0.05, 0) is 46.8 Å². The number of nitrogens with zero attached hydrogens (tertiary/aromatic N) is 1. The third-order valence-electron chi connectivity index (χ3n) is 2.67. The Labute approximate surface area is 114 Å². The number of hydrogen-bond donors (Lipinski definition) is 2. The summed E-state index contributed by atoms with van der Waals surface area (Å²) in [5, 5.41) is 16.7. The van der Waals surface area contributed by atoms with Gasteiger partial charge in [-0.2, -0.15) is 0 Å². The van der Waals surface area contributed by atoms with Gasteiger partial charge < -0.3 is 15.1 Å². The van der Waals surface area contributed by atoms with Crippen LogP contribution < -0.4 is 0 Å². The van der Waals surface area contributed by atoms with Gasteiger partial charge >= 0.3 is 0 Å². The van der Waals surface area contributed by atoms with Gasteiger partial charge in [0.05, 0.1) is 12.2 Å². The van der Waals surface area contributed by atoms with Gasteiger partial charge in [0.15, 0.2) is 0 Å². The van der Waals surface area contributed by atoms with Crippen molar-refractivity contribution in [3.8, 4) is 0 Å². The second-order valence-electron chi connectivity index (χ2n) is 5.69. The van der Waals surface area contributed by atoms with Crippen LogP contribution in [0.3, 0.4) is 0 Å². The van der Waals surface area contributed by atoms with E-state index in [0.29, 0.717) is 0 Å². The molecule has 0 bridgehead atoms. The van der Waals surface area contributed by atoms with Crippen LogP contribution in [0.15, 0.2) is 0 Å². The molecule has 0 aromatic rings. The van der Waals surface area contributed by atoms with Crippen LogP contribution in [0.25, 0.3) is 0 Å². The SMILES string of the molecule is CC(C)(O)CO.CCCCCN(C)CCCCC. The first-order valence-corrected chi connectivity index (χ1v) is 7.39. The van der Waals surface area contributed by atoms with Gasteiger partial charge in [0.25, 0.3) is 0 Å². The summed E-state index contributed by atoms with van der Waals surface area (Å²) in [6.07, 6.45) is 8.19. The zero-order valence-electron chi connectivity index (χ0n) is 13.2. The zero-order chi connectivity index (χ0) is 14.4. The lowest BCUT2D eigenvalue weighted by atomic mass is 10.2. The smallest absolute Gasteiger partial charge is 0.0821 e. The Kier molecular flexibility index (Phi) is 14.9. The molecule has 2 N–H and O–H groups in total. The minimum atomic E-state index is -0.903. The fourth-order valence-electron chi connectivity index (χ4n) is 1.38. The molecule has 0 aromatic carbocycles. The van der Waals surface area contributed by atoms with Crippen LogP contribution in [0.2, 0.25) is 0 Å². The molecule has 0 spiro atoms. The number of unbranched alkanes of at least 4 members (excludes halogenated alkanes) is 4. The highest BCUT2D eigenvalue weighted by atomic mass is 16.3. The number of rotatable bonds is 9. The molecule has 0 fully saturated rings. The van der Waals surface area contributed by atoms with E-state index in [4.69, 9.17) is 10.2 Å². The minimum absolute atomic E-state index is 0.174. The van der Waals surface area contributed by atoms with Crippen LogP contribution in [0.5, 0.6) is 0 Å². The summed E-state index contributed by atoms with van der Waals surface area (Å²) in [6.45, 7) is 10.0. The van der Waals surface area contributed by atoms with E-state index in [0.717, 1.165) is 0 Å². The molecule has 0 amide bonds. The molecule has 0 heterocycles. The van der Waals surface area contributed by atoms with E-state index in [1.807, 2.05) is 0 Å². The molecule has 0 aliphatic heterocycles. The Morgan fingerprint density at radius 3 is 1.44 bits per heavy atom. The molecule has 112 valence electrons. The molecule has 0 aliphatic rings. The Morgan fingerprint density at radius 2 is 1.22 bits per heavy atom. The van der Waals surface area contributed by atoms with Crippen molar-refractivity contribution in [1.29, 1.82) is 0 Å². The molecule has 0 unspecified atom stereocenters. The summed E-state index contributed by atoms with van der Waals surface area (Å²) in [4.78, 5) is 2.46. The second-order valence-corrected chi connectivity index (χ2v) is 5.69. The van der Waals surface area contributed by atoms with Crippen LogP contribution >= 0.6 is 0 Å². The van der Waals surface area contributed by atoms with Crippen molar-refractivity contribution in [2.75, 3.05) is 26.7 Å². The van der Waals surface area contributed by atoms with Crippen LogP contribution in [0.1, 0.15) is 66.2 Å². The summed E-state index contributed by atoms with van der Waals surface area (Å²) in [5.41, 5.74) is -0.903. The summed E-state index contributed by atoms with van der Waals surface area (Å²) in [5.74, 6) is 0. The molecule has 0 radical (unpaired) electrons. The van der Waals surface area contributed by atoms with Crippen LogP contribution in [0.4, 0.5) is 0 Å². The van der Waals surface area contributed by atoms with Gasteiger partial charge in [0.2, 0.25) is 0 Å². The predicted octanol–water partition coefficient (Wildman–Crippen LogP) is 3.05. The van der Waals surface area contributed by atoms with Gasteiger partial charge in [-0.1, -0.05) is 39.5 Å². The normalized spacial score (nSPS) is 11.3. The van der Waals surface area contributed by atoms with E-state index in [2.05, 4.69) is 25.8 Å². The first-order valence-electron chi connectivity index (χ1n) is 7.39. The van der Waals surface area contributed by atoms with E-state index in [-0.39, 0.29) is 6.61 Å².